The standard InChI is InChI=1S/C12H13N5OS/c1-17-10(5-13)15-12(16-17)7-2-3-9-8(4-7)14-11(18)6-19-9/h2-4H,5-6,13H2,1H3,(H,14,18). The highest BCUT2D eigenvalue weighted by atomic mass is 32.2. The van der Waals surface area contributed by atoms with Crippen LogP contribution in [0.1, 0.15) is 5.82 Å². The lowest BCUT2D eigenvalue weighted by atomic mass is 10.2. The molecule has 0 saturated heterocycles. The summed E-state index contributed by atoms with van der Waals surface area (Å²) < 4.78 is 1.67. The predicted octanol–water partition coefficient (Wildman–Crippen LogP) is 0.985. The monoisotopic (exact) mass is 275 g/mol. The van der Waals surface area contributed by atoms with Gasteiger partial charge in [0, 0.05) is 17.5 Å². The van der Waals surface area contributed by atoms with Crippen molar-refractivity contribution in [2.45, 2.75) is 11.4 Å². The molecule has 2 heterocycles. The molecule has 19 heavy (non-hydrogen) atoms. The zero-order chi connectivity index (χ0) is 13.4. The van der Waals surface area contributed by atoms with Crippen LogP contribution in [0.25, 0.3) is 11.4 Å². The number of nitrogens with two attached hydrogens (primary N) is 1. The van der Waals surface area contributed by atoms with E-state index in [9.17, 15) is 4.79 Å². The molecule has 3 rings (SSSR count). The summed E-state index contributed by atoms with van der Waals surface area (Å²) >= 11 is 1.54. The fourth-order valence-electron chi connectivity index (χ4n) is 1.94. The van der Waals surface area contributed by atoms with E-state index >= 15 is 0 Å². The molecule has 0 fully saturated rings. The summed E-state index contributed by atoms with van der Waals surface area (Å²) in [5, 5.41) is 7.18. The molecule has 1 amide bonds. The Bertz CT molecular complexity index is 652. The number of carbonyl (C=O) groups excluding carboxylic acids is 1. The van der Waals surface area contributed by atoms with Gasteiger partial charge < -0.3 is 11.1 Å². The Morgan fingerprint density at radius 2 is 2.37 bits per heavy atom. The van der Waals surface area contributed by atoms with E-state index in [2.05, 4.69) is 15.4 Å². The maximum Gasteiger partial charge on any atom is 0.234 e. The molecule has 0 bridgehead atoms. The zero-order valence-electron chi connectivity index (χ0n) is 10.4. The molecule has 0 unspecified atom stereocenters. The van der Waals surface area contributed by atoms with Crippen LogP contribution in [0.4, 0.5) is 5.69 Å². The Morgan fingerprint density at radius 1 is 1.53 bits per heavy atom. The number of nitrogens with zero attached hydrogens (tertiary/aromatic N) is 3. The number of amides is 1. The summed E-state index contributed by atoms with van der Waals surface area (Å²) in [6.07, 6.45) is 0. The van der Waals surface area contributed by atoms with Crippen molar-refractivity contribution in [3.63, 3.8) is 0 Å². The van der Waals surface area contributed by atoms with Crippen LogP contribution < -0.4 is 11.1 Å². The van der Waals surface area contributed by atoms with Crippen LogP contribution in [0, 0.1) is 0 Å². The van der Waals surface area contributed by atoms with E-state index in [1.54, 1.807) is 4.68 Å². The minimum atomic E-state index is 0.0197. The lowest BCUT2D eigenvalue weighted by molar-refractivity contribution is -0.113. The van der Waals surface area contributed by atoms with E-state index < -0.39 is 0 Å². The second kappa shape index (κ2) is 4.67. The van der Waals surface area contributed by atoms with Gasteiger partial charge in [-0.25, -0.2) is 4.98 Å². The van der Waals surface area contributed by atoms with E-state index in [1.807, 2.05) is 25.2 Å². The van der Waals surface area contributed by atoms with Gasteiger partial charge >= 0.3 is 0 Å². The van der Waals surface area contributed by atoms with Crippen molar-refractivity contribution in [2.24, 2.45) is 12.8 Å². The summed E-state index contributed by atoms with van der Waals surface area (Å²) in [4.78, 5) is 16.8. The predicted molar refractivity (Wildman–Crippen MR) is 73.7 cm³/mol. The van der Waals surface area contributed by atoms with Gasteiger partial charge in [0.2, 0.25) is 5.91 Å². The van der Waals surface area contributed by atoms with Gasteiger partial charge in [-0.3, -0.25) is 9.48 Å². The molecule has 1 aliphatic heterocycles. The van der Waals surface area contributed by atoms with Gasteiger partial charge in [0.05, 0.1) is 18.0 Å². The first-order chi connectivity index (χ1) is 9.17. The van der Waals surface area contributed by atoms with Crippen molar-refractivity contribution in [3.05, 3.63) is 24.0 Å². The van der Waals surface area contributed by atoms with Crippen molar-refractivity contribution in [1.82, 2.24) is 14.8 Å². The Balaban J connectivity index is 2.01. The van der Waals surface area contributed by atoms with Crippen LogP contribution in [0.3, 0.4) is 0 Å². The molecule has 1 aromatic heterocycles. The molecule has 6 nitrogen and oxygen atoms in total. The quantitative estimate of drug-likeness (QED) is 0.853. The van der Waals surface area contributed by atoms with E-state index in [0.29, 0.717) is 18.1 Å². The molecule has 0 saturated carbocycles. The van der Waals surface area contributed by atoms with Crippen molar-refractivity contribution < 1.29 is 4.79 Å². The number of thioether (sulfide) groups is 1. The lowest BCUT2D eigenvalue weighted by Crippen LogP contribution is -2.18. The summed E-state index contributed by atoms with van der Waals surface area (Å²) in [5.74, 6) is 1.83. The fourth-order valence-corrected chi connectivity index (χ4v) is 2.73. The number of rotatable bonds is 2. The molecule has 3 N–H and O–H groups in total. The van der Waals surface area contributed by atoms with Crippen LogP contribution in [0.15, 0.2) is 23.1 Å². The van der Waals surface area contributed by atoms with Crippen LogP contribution in [0.5, 0.6) is 0 Å². The van der Waals surface area contributed by atoms with Crippen LogP contribution in [-0.4, -0.2) is 26.4 Å². The topological polar surface area (TPSA) is 85.8 Å². The highest BCUT2D eigenvalue weighted by Crippen LogP contribution is 2.34. The molecule has 0 atom stereocenters. The van der Waals surface area contributed by atoms with E-state index in [4.69, 9.17) is 5.73 Å². The number of aromatic nitrogens is 3. The maximum absolute atomic E-state index is 11.4. The van der Waals surface area contributed by atoms with E-state index in [-0.39, 0.29) is 5.91 Å². The number of aryl methyl sites for hydroxylation is 1. The van der Waals surface area contributed by atoms with Crippen LogP contribution in [0.2, 0.25) is 0 Å². The largest absolute Gasteiger partial charge is 0.324 e. The van der Waals surface area contributed by atoms with Crippen molar-refractivity contribution in [2.75, 3.05) is 11.1 Å². The Hall–Kier alpha value is -1.86. The summed E-state index contributed by atoms with van der Waals surface area (Å²) in [6.45, 7) is 0.348. The highest BCUT2D eigenvalue weighted by Gasteiger charge is 2.17. The van der Waals surface area contributed by atoms with Gasteiger partial charge in [-0.05, 0) is 18.2 Å². The number of benzene rings is 1. The number of hydrogen-bond acceptors (Lipinski definition) is 5. The zero-order valence-corrected chi connectivity index (χ0v) is 11.2. The van der Waals surface area contributed by atoms with Crippen molar-refractivity contribution in [1.29, 1.82) is 0 Å². The Morgan fingerprint density at radius 3 is 3.11 bits per heavy atom. The van der Waals surface area contributed by atoms with Crippen LogP contribution in [-0.2, 0) is 18.4 Å². The van der Waals surface area contributed by atoms with Gasteiger partial charge in [0.1, 0.15) is 5.82 Å². The third-order valence-corrected chi connectivity index (χ3v) is 3.98. The normalized spacial score (nSPS) is 14.1. The first-order valence-electron chi connectivity index (χ1n) is 5.84. The molecule has 0 spiro atoms. The molecular weight excluding hydrogens is 262 g/mol. The summed E-state index contributed by atoms with van der Waals surface area (Å²) in [6, 6.07) is 5.83. The molecule has 2 aromatic rings. The van der Waals surface area contributed by atoms with Crippen molar-refractivity contribution >= 4 is 23.4 Å². The average Bonchev–Trinajstić information content (AvgIpc) is 2.79. The molecule has 0 radical (unpaired) electrons. The van der Waals surface area contributed by atoms with Crippen molar-refractivity contribution in [3.8, 4) is 11.4 Å². The second-order valence-electron chi connectivity index (χ2n) is 4.23. The highest BCUT2D eigenvalue weighted by molar-refractivity contribution is 8.00. The average molecular weight is 275 g/mol. The summed E-state index contributed by atoms with van der Waals surface area (Å²) in [7, 11) is 1.81. The number of fused-ring (bicyclic) bond motifs is 1. The second-order valence-corrected chi connectivity index (χ2v) is 5.24. The third kappa shape index (κ3) is 2.22. The number of anilines is 1. The van der Waals surface area contributed by atoms with Gasteiger partial charge in [0.15, 0.2) is 5.82 Å². The Labute approximate surface area is 114 Å². The smallest absolute Gasteiger partial charge is 0.234 e. The van der Waals surface area contributed by atoms with Gasteiger partial charge in [-0.15, -0.1) is 11.8 Å². The maximum atomic E-state index is 11.4. The Kier molecular flexibility index (Phi) is 3.00. The van der Waals surface area contributed by atoms with Gasteiger partial charge in [-0.1, -0.05) is 0 Å². The third-order valence-electron chi connectivity index (χ3n) is 2.91. The number of nitrogens with one attached hydrogen (secondary N) is 1. The first-order valence-corrected chi connectivity index (χ1v) is 6.83. The van der Waals surface area contributed by atoms with Gasteiger partial charge in [-0.2, -0.15) is 5.10 Å². The molecular formula is C12H13N5OS. The SMILES string of the molecule is Cn1nc(-c2ccc3c(c2)NC(=O)CS3)nc1CN. The van der Waals surface area contributed by atoms with Crippen LogP contribution >= 0.6 is 11.8 Å². The molecule has 0 aliphatic carbocycles. The fraction of sp³-hybridized carbons (Fsp3) is 0.250. The summed E-state index contributed by atoms with van der Waals surface area (Å²) in [5.41, 5.74) is 7.28. The first kappa shape index (κ1) is 12.2. The minimum absolute atomic E-state index is 0.0197. The van der Waals surface area contributed by atoms with E-state index in [1.165, 1.54) is 11.8 Å². The molecule has 7 heteroatoms. The van der Waals surface area contributed by atoms with Gasteiger partial charge in [0.25, 0.3) is 0 Å². The molecule has 1 aromatic carbocycles. The number of hydrogen-bond donors (Lipinski definition) is 2. The molecule has 1 aliphatic rings. The lowest BCUT2D eigenvalue weighted by Gasteiger charge is -2.16. The van der Waals surface area contributed by atoms with E-state index in [0.717, 1.165) is 22.0 Å². The minimum Gasteiger partial charge on any atom is -0.324 e. The molecule has 98 valence electrons. The number of carbonyl (C=O) groups is 1.